The molecule has 2 rings (SSSR count). The van der Waals surface area contributed by atoms with Crippen molar-refractivity contribution in [2.75, 3.05) is 6.54 Å². The van der Waals surface area contributed by atoms with E-state index >= 15 is 0 Å². The molecule has 0 aromatic carbocycles. The first-order valence-electron chi connectivity index (χ1n) is 4.90. The normalized spacial score (nSPS) is 37.5. The van der Waals surface area contributed by atoms with Crippen LogP contribution in [0.4, 0.5) is 0 Å². The van der Waals surface area contributed by atoms with Gasteiger partial charge < -0.3 is 10.0 Å². The number of carbonyl (C=O) groups is 1. The fraction of sp³-hybridized carbons (Fsp3) is 0.900. The van der Waals surface area contributed by atoms with Crippen molar-refractivity contribution in [2.24, 2.45) is 11.3 Å². The van der Waals surface area contributed by atoms with Crippen molar-refractivity contribution in [3.8, 4) is 0 Å². The second-order valence-electron chi connectivity index (χ2n) is 5.24. The Morgan fingerprint density at radius 3 is 2.38 bits per heavy atom. The molecular formula is C10H17NO2. The van der Waals surface area contributed by atoms with Gasteiger partial charge in [-0.05, 0) is 6.42 Å². The van der Waals surface area contributed by atoms with Gasteiger partial charge in [-0.1, -0.05) is 20.8 Å². The number of amides is 1. The van der Waals surface area contributed by atoms with Gasteiger partial charge in [-0.2, -0.15) is 0 Å². The third-order valence-electron chi connectivity index (χ3n) is 3.18. The molecule has 1 amide bonds. The molecule has 2 fully saturated rings. The monoisotopic (exact) mass is 183 g/mol. The van der Waals surface area contributed by atoms with E-state index in [0.717, 1.165) is 13.0 Å². The minimum Gasteiger partial charge on any atom is -0.393 e. The molecule has 0 aromatic heterocycles. The molecule has 74 valence electrons. The minimum atomic E-state index is -0.272. The Hall–Kier alpha value is -0.570. The Morgan fingerprint density at radius 2 is 2.08 bits per heavy atom. The fourth-order valence-corrected chi connectivity index (χ4v) is 2.15. The SMILES string of the molecule is CC(C)(C)C(=O)N1C[C@H]2C(O)C[C@H]21. The number of likely N-dealkylation sites (tertiary alicyclic amines) is 1. The molecule has 3 nitrogen and oxygen atoms in total. The molecule has 13 heavy (non-hydrogen) atoms. The van der Waals surface area contributed by atoms with E-state index in [4.69, 9.17) is 0 Å². The van der Waals surface area contributed by atoms with Crippen LogP contribution in [0.1, 0.15) is 27.2 Å². The number of aliphatic hydroxyl groups is 1. The van der Waals surface area contributed by atoms with Crippen LogP contribution in [0.25, 0.3) is 0 Å². The lowest BCUT2D eigenvalue weighted by Crippen LogP contribution is -2.71. The number of aliphatic hydroxyl groups excluding tert-OH is 1. The number of fused-ring (bicyclic) bond motifs is 1. The maximum Gasteiger partial charge on any atom is 0.228 e. The summed E-state index contributed by atoms with van der Waals surface area (Å²) >= 11 is 0. The van der Waals surface area contributed by atoms with Crippen molar-refractivity contribution in [2.45, 2.75) is 39.3 Å². The zero-order chi connectivity index (χ0) is 9.80. The minimum absolute atomic E-state index is 0.144. The highest BCUT2D eigenvalue weighted by Gasteiger charge is 2.55. The number of hydrogen-bond acceptors (Lipinski definition) is 2. The molecule has 0 bridgehead atoms. The zero-order valence-corrected chi connectivity index (χ0v) is 8.45. The number of piperidine rings is 1. The van der Waals surface area contributed by atoms with Crippen molar-refractivity contribution in [1.82, 2.24) is 4.90 Å². The van der Waals surface area contributed by atoms with Crippen molar-refractivity contribution >= 4 is 5.91 Å². The average Bonchev–Trinajstić information content (AvgIpc) is 1.97. The van der Waals surface area contributed by atoms with Gasteiger partial charge in [-0.3, -0.25) is 4.79 Å². The van der Waals surface area contributed by atoms with Gasteiger partial charge in [0.1, 0.15) is 0 Å². The average molecular weight is 183 g/mol. The van der Waals surface area contributed by atoms with Crippen LogP contribution >= 0.6 is 0 Å². The largest absolute Gasteiger partial charge is 0.393 e. The van der Waals surface area contributed by atoms with Gasteiger partial charge in [0.2, 0.25) is 5.91 Å². The summed E-state index contributed by atoms with van der Waals surface area (Å²) in [6.45, 7) is 6.59. The molecule has 1 saturated heterocycles. The van der Waals surface area contributed by atoms with E-state index in [1.807, 2.05) is 25.7 Å². The molecule has 1 unspecified atom stereocenters. The number of carbonyl (C=O) groups excluding carboxylic acids is 1. The van der Waals surface area contributed by atoms with E-state index in [0.29, 0.717) is 12.0 Å². The first-order chi connectivity index (χ1) is 5.91. The summed E-state index contributed by atoms with van der Waals surface area (Å²) in [5.74, 6) is 0.604. The molecule has 2 aliphatic rings. The molecule has 1 saturated carbocycles. The van der Waals surface area contributed by atoms with E-state index in [9.17, 15) is 9.90 Å². The highest BCUT2D eigenvalue weighted by Crippen LogP contribution is 2.43. The lowest BCUT2D eigenvalue weighted by atomic mass is 9.67. The molecule has 1 N–H and O–H groups in total. The predicted octanol–water partition coefficient (Wildman–Crippen LogP) is 0.624. The molecule has 3 heteroatoms. The van der Waals surface area contributed by atoms with Gasteiger partial charge in [0.05, 0.1) is 6.10 Å². The van der Waals surface area contributed by atoms with Crippen LogP contribution in [0, 0.1) is 11.3 Å². The second-order valence-corrected chi connectivity index (χ2v) is 5.24. The smallest absolute Gasteiger partial charge is 0.228 e. The zero-order valence-electron chi connectivity index (χ0n) is 8.45. The summed E-state index contributed by atoms with van der Waals surface area (Å²) in [6, 6.07) is 0.349. The summed E-state index contributed by atoms with van der Waals surface area (Å²) in [4.78, 5) is 13.7. The lowest BCUT2D eigenvalue weighted by Gasteiger charge is -2.59. The van der Waals surface area contributed by atoms with Gasteiger partial charge in [-0.25, -0.2) is 0 Å². The van der Waals surface area contributed by atoms with Gasteiger partial charge in [0, 0.05) is 23.9 Å². The van der Waals surface area contributed by atoms with Crippen molar-refractivity contribution < 1.29 is 9.90 Å². The molecule has 1 aliphatic carbocycles. The quantitative estimate of drug-likeness (QED) is 0.598. The summed E-state index contributed by atoms with van der Waals surface area (Å²) < 4.78 is 0. The van der Waals surface area contributed by atoms with E-state index in [2.05, 4.69) is 0 Å². The first kappa shape index (κ1) is 9.00. The fourth-order valence-electron chi connectivity index (χ4n) is 2.15. The summed E-state index contributed by atoms with van der Waals surface area (Å²) in [6.07, 6.45) is 0.640. The van der Waals surface area contributed by atoms with Crippen LogP contribution in [-0.4, -0.2) is 34.6 Å². The Bertz CT molecular complexity index is 244. The number of hydrogen-bond donors (Lipinski definition) is 1. The Balaban J connectivity index is 1.96. The summed E-state index contributed by atoms with van der Waals surface area (Å²) in [7, 11) is 0. The molecule has 3 atom stereocenters. The van der Waals surface area contributed by atoms with Crippen LogP contribution in [0.5, 0.6) is 0 Å². The highest BCUT2D eigenvalue weighted by atomic mass is 16.3. The molecule has 0 aromatic rings. The summed E-state index contributed by atoms with van der Waals surface area (Å²) in [5, 5.41) is 9.30. The van der Waals surface area contributed by atoms with Crippen LogP contribution in [-0.2, 0) is 4.79 Å². The maximum atomic E-state index is 11.8. The topological polar surface area (TPSA) is 40.5 Å². The lowest BCUT2D eigenvalue weighted by molar-refractivity contribution is -0.182. The van der Waals surface area contributed by atoms with Crippen LogP contribution in [0.3, 0.4) is 0 Å². The van der Waals surface area contributed by atoms with Gasteiger partial charge >= 0.3 is 0 Å². The van der Waals surface area contributed by atoms with Crippen LogP contribution in [0.2, 0.25) is 0 Å². The molecule has 0 spiro atoms. The number of nitrogens with zero attached hydrogens (tertiary/aromatic N) is 1. The van der Waals surface area contributed by atoms with Crippen LogP contribution in [0.15, 0.2) is 0 Å². The molecule has 1 aliphatic heterocycles. The van der Waals surface area contributed by atoms with Gasteiger partial charge in [0.15, 0.2) is 0 Å². The standard InChI is InChI=1S/C10H17NO2/c1-10(2,3)9(13)11-5-6-7(11)4-8(6)12/h6-8,12H,4-5H2,1-3H3/t6-,7-,8?/m1/s1. The predicted molar refractivity (Wildman–Crippen MR) is 49.1 cm³/mol. The molecule has 0 radical (unpaired) electrons. The van der Waals surface area contributed by atoms with Crippen molar-refractivity contribution in [1.29, 1.82) is 0 Å². The van der Waals surface area contributed by atoms with E-state index < -0.39 is 0 Å². The summed E-state index contributed by atoms with van der Waals surface area (Å²) in [5.41, 5.74) is -0.272. The van der Waals surface area contributed by atoms with Gasteiger partial charge in [0.25, 0.3) is 0 Å². The number of rotatable bonds is 0. The second kappa shape index (κ2) is 2.47. The van der Waals surface area contributed by atoms with Crippen molar-refractivity contribution in [3.63, 3.8) is 0 Å². The maximum absolute atomic E-state index is 11.8. The highest BCUT2D eigenvalue weighted by molar-refractivity contribution is 5.83. The van der Waals surface area contributed by atoms with E-state index in [1.54, 1.807) is 0 Å². The Labute approximate surface area is 78.7 Å². The van der Waals surface area contributed by atoms with Gasteiger partial charge in [-0.15, -0.1) is 0 Å². The molecular weight excluding hydrogens is 166 g/mol. The third-order valence-corrected chi connectivity index (χ3v) is 3.18. The first-order valence-corrected chi connectivity index (χ1v) is 4.90. The van der Waals surface area contributed by atoms with Crippen molar-refractivity contribution in [3.05, 3.63) is 0 Å². The van der Waals surface area contributed by atoms with E-state index in [1.165, 1.54) is 0 Å². The Morgan fingerprint density at radius 1 is 1.46 bits per heavy atom. The van der Waals surface area contributed by atoms with E-state index in [-0.39, 0.29) is 17.4 Å². The van der Waals surface area contributed by atoms with Crippen LogP contribution < -0.4 is 0 Å². The molecule has 1 heterocycles. The Kier molecular flexibility index (Phi) is 1.71. The third kappa shape index (κ3) is 1.17.